The number of H-pyrrole nitrogens is 1. The number of aromatic nitrogens is 2. The Morgan fingerprint density at radius 3 is 2.83 bits per heavy atom. The first-order valence-electron chi connectivity index (χ1n) is 11.4. The fourth-order valence-corrected chi connectivity index (χ4v) is 4.09. The zero-order chi connectivity index (χ0) is 24.4. The van der Waals surface area contributed by atoms with Crippen molar-refractivity contribution in [2.45, 2.75) is 12.5 Å². The largest absolute Gasteiger partial charge is 0.492 e. The number of likely N-dealkylation sites (N-methyl/N-ethyl adjacent to an activating group) is 1. The van der Waals surface area contributed by atoms with Gasteiger partial charge < -0.3 is 24.1 Å². The van der Waals surface area contributed by atoms with Gasteiger partial charge in [0.2, 0.25) is 0 Å². The van der Waals surface area contributed by atoms with E-state index in [0.29, 0.717) is 52.7 Å². The van der Waals surface area contributed by atoms with E-state index in [0.717, 1.165) is 5.39 Å². The standard InChI is InChI=1S/C27H26FN3O4/c1-31(2)11-12-33-25-15-20(18-7-9-29-27-19(18)8-10-30-27)21(28)13-17(25)14-22(32)26-16-34-23-5-3-4-6-24(23)35-26/h3-10,13,15,26H,11-12,14,16H2,1-2H3,(H,29,30). The third-order valence-electron chi connectivity index (χ3n) is 5.93. The van der Waals surface area contributed by atoms with Crippen LogP contribution in [0.15, 0.2) is 60.9 Å². The van der Waals surface area contributed by atoms with Crippen LogP contribution in [0.3, 0.4) is 0 Å². The number of rotatable bonds is 8. The third-order valence-corrected chi connectivity index (χ3v) is 5.93. The van der Waals surface area contributed by atoms with Crippen LogP contribution in [0, 0.1) is 5.82 Å². The number of halogens is 1. The number of carbonyl (C=O) groups excluding carboxylic acids is 1. The summed E-state index contributed by atoms with van der Waals surface area (Å²) >= 11 is 0. The number of benzene rings is 2. The molecule has 0 spiro atoms. The smallest absolute Gasteiger partial charge is 0.191 e. The Bertz CT molecular complexity index is 1370. The summed E-state index contributed by atoms with van der Waals surface area (Å²) in [6.07, 6.45) is 2.59. The average molecular weight is 476 g/mol. The van der Waals surface area contributed by atoms with E-state index in [-0.39, 0.29) is 18.8 Å². The van der Waals surface area contributed by atoms with Gasteiger partial charge in [-0.15, -0.1) is 0 Å². The van der Waals surface area contributed by atoms with E-state index in [1.807, 2.05) is 37.2 Å². The van der Waals surface area contributed by atoms with E-state index in [1.165, 1.54) is 6.07 Å². The molecule has 0 bridgehead atoms. The molecule has 0 saturated heterocycles. The molecular weight excluding hydrogens is 449 g/mol. The molecule has 35 heavy (non-hydrogen) atoms. The van der Waals surface area contributed by atoms with Crippen LogP contribution in [0.2, 0.25) is 0 Å². The van der Waals surface area contributed by atoms with Crippen molar-refractivity contribution in [3.8, 4) is 28.4 Å². The monoisotopic (exact) mass is 475 g/mol. The summed E-state index contributed by atoms with van der Waals surface area (Å²) in [6.45, 7) is 1.18. The molecule has 1 unspecified atom stereocenters. The second-order valence-corrected chi connectivity index (χ2v) is 8.70. The molecule has 4 aromatic rings. The first-order chi connectivity index (χ1) is 17.0. The van der Waals surface area contributed by atoms with Crippen LogP contribution in [0.1, 0.15) is 5.56 Å². The highest BCUT2D eigenvalue weighted by Gasteiger charge is 2.28. The molecule has 0 radical (unpaired) electrons. The van der Waals surface area contributed by atoms with Gasteiger partial charge in [-0.1, -0.05) is 12.1 Å². The van der Waals surface area contributed by atoms with Gasteiger partial charge in [-0.3, -0.25) is 4.79 Å². The number of nitrogens with zero attached hydrogens (tertiary/aromatic N) is 2. The predicted octanol–water partition coefficient (Wildman–Crippen LogP) is 4.26. The van der Waals surface area contributed by atoms with Gasteiger partial charge in [-0.05, 0) is 56.1 Å². The topological polar surface area (TPSA) is 76.7 Å². The molecule has 1 aliphatic rings. The fraction of sp³-hybridized carbons (Fsp3) is 0.259. The highest BCUT2D eigenvalue weighted by molar-refractivity contribution is 5.93. The summed E-state index contributed by atoms with van der Waals surface area (Å²) in [7, 11) is 3.89. The van der Waals surface area contributed by atoms with E-state index in [2.05, 4.69) is 9.97 Å². The minimum absolute atomic E-state index is 0.0411. The van der Waals surface area contributed by atoms with Gasteiger partial charge in [0.15, 0.2) is 23.4 Å². The molecule has 8 heteroatoms. The second kappa shape index (κ2) is 9.76. The Hall–Kier alpha value is -3.91. The first kappa shape index (κ1) is 22.9. The minimum Gasteiger partial charge on any atom is -0.492 e. The number of para-hydroxylation sites is 2. The van der Waals surface area contributed by atoms with Crippen LogP contribution < -0.4 is 14.2 Å². The number of hydrogen-bond donors (Lipinski definition) is 1. The maximum atomic E-state index is 15.4. The van der Waals surface area contributed by atoms with Gasteiger partial charge in [-0.2, -0.15) is 0 Å². The molecule has 5 rings (SSSR count). The van der Waals surface area contributed by atoms with Crippen molar-refractivity contribution in [1.82, 2.24) is 14.9 Å². The number of carbonyl (C=O) groups is 1. The van der Waals surface area contributed by atoms with Gasteiger partial charge in [-0.25, -0.2) is 9.37 Å². The van der Waals surface area contributed by atoms with Crippen molar-refractivity contribution in [3.63, 3.8) is 0 Å². The third kappa shape index (κ3) is 4.83. The lowest BCUT2D eigenvalue weighted by molar-refractivity contribution is -0.127. The quantitative estimate of drug-likeness (QED) is 0.410. The van der Waals surface area contributed by atoms with Crippen LogP contribution in [0.25, 0.3) is 22.2 Å². The molecule has 1 atom stereocenters. The molecule has 180 valence electrons. The lowest BCUT2D eigenvalue weighted by atomic mass is 9.97. The Morgan fingerprint density at radius 2 is 2.00 bits per heavy atom. The van der Waals surface area contributed by atoms with Crippen molar-refractivity contribution < 1.29 is 23.4 Å². The lowest BCUT2D eigenvalue weighted by Gasteiger charge is -2.25. The van der Waals surface area contributed by atoms with Gasteiger partial charge >= 0.3 is 0 Å². The van der Waals surface area contributed by atoms with E-state index >= 15 is 4.39 Å². The molecule has 2 aromatic carbocycles. The van der Waals surface area contributed by atoms with Crippen molar-refractivity contribution in [3.05, 3.63) is 72.3 Å². The number of nitrogens with one attached hydrogen (secondary N) is 1. The summed E-state index contributed by atoms with van der Waals surface area (Å²) in [6, 6.07) is 13.9. The summed E-state index contributed by atoms with van der Waals surface area (Å²) in [5.74, 6) is 0.949. The van der Waals surface area contributed by atoms with Crippen LogP contribution >= 0.6 is 0 Å². The first-order valence-corrected chi connectivity index (χ1v) is 11.4. The molecule has 3 heterocycles. The summed E-state index contributed by atoms with van der Waals surface area (Å²) in [5.41, 5.74) is 2.23. The summed E-state index contributed by atoms with van der Waals surface area (Å²) in [4.78, 5) is 22.4. The molecule has 1 N–H and O–H groups in total. The molecule has 0 fully saturated rings. The second-order valence-electron chi connectivity index (χ2n) is 8.70. The molecule has 0 amide bonds. The fourth-order valence-electron chi connectivity index (χ4n) is 4.09. The number of ketones is 1. The molecule has 1 aliphatic heterocycles. The van der Waals surface area contributed by atoms with Crippen molar-refractivity contribution in [2.24, 2.45) is 0 Å². The predicted molar refractivity (Wildman–Crippen MR) is 131 cm³/mol. The van der Waals surface area contributed by atoms with Gasteiger partial charge in [0.1, 0.15) is 30.4 Å². The Balaban J connectivity index is 1.45. The van der Waals surface area contributed by atoms with E-state index in [9.17, 15) is 4.79 Å². The van der Waals surface area contributed by atoms with Crippen molar-refractivity contribution >= 4 is 16.8 Å². The maximum Gasteiger partial charge on any atom is 0.191 e. The van der Waals surface area contributed by atoms with E-state index < -0.39 is 11.9 Å². The molecule has 2 aromatic heterocycles. The summed E-state index contributed by atoms with van der Waals surface area (Å²) < 4.78 is 33.0. The number of Topliss-reactive ketones (excluding diaryl/α,β-unsaturated/α-hetero) is 1. The van der Waals surface area contributed by atoms with E-state index in [4.69, 9.17) is 14.2 Å². The Morgan fingerprint density at radius 1 is 1.17 bits per heavy atom. The van der Waals surface area contributed by atoms with Crippen LogP contribution in [-0.4, -0.2) is 60.6 Å². The van der Waals surface area contributed by atoms with Gasteiger partial charge in [0.05, 0.1) is 0 Å². The van der Waals surface area contributed by atoms with Gasteiger partial charge in [0, 0.05) is 41.9 Å². The lowest BCUT2D eigenvalue weighted by Crippen LogP contribution is -2.37. The molecule has 0 saturated carbocycles. The average Bonchev–Trinajstić information content (AvgIpc) is 3.34. The molecular formula is C27H26FN3O4. The zero-order valence-electron chi connectivity index (χ0n) is 19.6. The molecule has 0 aliphatic carbocycles. The number of ether oxygens (including phenoxy) is 3. The number of fused-ring (bicyclic) bond motifs is 2. The van der Waals surface area contributed by atoms with Crippen molar-refractivity contribution in [1.29, 1.82) is 0 Å². The van der Waals surface area contributed by atoms with E-state index in [1.54, 1.807) is 36.7 Å². The van der Waals surface area contributed by atoms with Crippen LogP contribution in [0.5, 0.6) is 17.2 Å². The van der Waals surface area contributed by atoms with Crippen molar-refractivity contribution in [2.75, 3.05) is 33.9 Å². The normalized spacial score (nSPS) is 14.9. The van der Waals surface area contributed by atoms with Gasteiger partial charge in [0.25, 0.3) is 0 Å². The summed E-state index contributed by atoms with van der Waals surface area (Å²) in [5, 5.41) is 0.806. The van der Waals surface area contributed by atoms with Crippen LogP contribution in [0.4, 0.5) is 4.39 Å². The Labute approximate surface area is 202 Å². The SMILES string of the molecule is CN(C)CCOc1cc(-c2ccnc3[nH]ccc23)c(F)cc1CC(=O)C1COc2ccccc2O1. The maximum absolute atomic E-state index is 15.4. The number of hydrogen-bond acceptors (Lipinski definition) is 6. The zero-order valence-corrected chi connectivity index (χ0v) is 19.6. The minimum atomic E-state index is -0.776. The molecule has 7 nitrogen and oxygen atoms in total. The number of pyridine rings is 1. The van der Waals surface area contributed by atoms with Crippen LogP contribution in [-0.2, 0) is 11.2 Å². The highest BCUT2D eigenvalue weighted by Crippen LogP contribution is 2.35. The Kier molecular flexibility index (Phi) is 6.37. The number of aromatic amines is 1. The highest BCUT2D eigenvalue weighted by atomic mass is 19.1.